The third kappa shape index (κ3) is 17.1. The largest absolute Gasteiger partial charge is 0.299 e. The van der Waals surface area contributed by atoms with Crippen LogP contribution in [0.4, 0.5) is 0 Å². The van der Waals surface area contributed by atoms with Crippen LogP contribution in [0.25, 0.3) is 0 Å². The molecule has 0 radical (unpaired) electrons. The van der Waals surface area contributed by atoms with Gasteiger partial charge in [0.05, 0.1) is 0 Å². The van der Waals surface area contributed by atoms with Crippen molar-refractivity contribution in [3.8, 4) is 0 Å². The Balaban J connectivity index is -0.000000478. The Morgan fingerprint density at radius 2 is 1.33 bits per heavy atom. The Labute approximate surface area is 135 Å². The van der Waals surface area contributed by atoms with Crippen LogP contribution in [0.2, 0.25) is 0 Å². The van der Waals surface area contributed by atoms with Crippen molar-refractivity contribution in [2.24, 2.45) is 5.92 Å². The zero-order valence-corrected chi connectivity index (χ0v) is 16.2. The molecule has 0 fully saturated rings. The first-order chi connectivity index (χ1) is 10.2. The van der Waals surface area contributed by atoms with E-state index in [0.29, 0.717) is 0 Å². The molecule has 0 heterocycles. The van der Waals surface area contributed by atoms with Gasteiger partial charge in [-0.2, -0.15) is 0 Å². The predicted octanol–water partition coefficient (Wildman–Crippen LogP) is 6.63. The van der Waals surface area contributed by atoms with Gasteiger partial charge < -0.3 is 0 Å². The second-order valence-corrected chi connectivity index (χ2v) is 4.54. The number of rotatable bonds is 6. The summed E-state index contributed by atoms with van der Waals surface area (Å²) in [6, 6.07) is 10.7. The average molecular weight is 296 g/mol. The van der Waals surface area contributed by atoms with Crippen molar-refractivity contribution in [1.82, 2.24) is 4.90 Å². The molecule has 0 unspecified atom stereocenters. The van der Waals surface area contributed by atoms with Crippen molar-refractivity contribution in [3.05, 3.63) is 35.9 Å². The number of nitrogens with zero attached hydrogens (tertiary/aromatic N) is 1. The molecule has 126 valence electrons. The molecule has 0 aliphatic heterocycles. The minimum atomic E-state index is 0.801. The van der Waals surface area contributed by atoms with Crippen molar-refractivity contribution in [3.63, 3.8) is 0 Å². The molecular weight excluding hydrogens is 254 g/mol. The number of hydrogen-bond donors (Lipinski definition) is 0. The average Bonchev–Trinajstić information content (AvgIpc) is 2.58. The zero-order valence-electron chi connectivity index (χ0n) is 16.2. The summed E-state index contributed by atoms with van der Waals surface area (Å²) in [6.45, 7) is 22.3. The molecule has 0 atom stereocenters. The Kier molecular flexibility index (Phi) is 25.7. The second-order valence-electron chi connectivity index (χ2n) is 4.54. The summed E-state index contributed by atoms with van der Waals surface area (Å²) < 4.78 is 0. The summed E-state index contributed by atoms with van der Waals surface area (Å²) in [7, 11) is 0. The molecule has 0 aliphatic carbocycles. The third-order valence-electron chi connectivity index (χ3n) is 2.72. The summed E-state index contributed by atoms with van der Waals surface area (Å²) in [6.07, 6.45) is 1.29. The van der Waals surface area contributed by atoms with Gasteiger partial charge in [0.25, 0.3) is 0 Å². The van der Waals surface area contributed by atoms with E-state index in [2.05, 4.69) is 56.0 Å². The molecule has 0 aliphatic rings. The van der Waals surface area contributed by atoms with Gasteiger partial charge in [-0.1, -0.05) is 92.6 Å². The van der Waals surface area contributed by atoms with E-state index in [4.69, 9.17) is 0 Å². The highest BCUT2D eigenvalue weighted by molar-refractivity contribution is 5.14. The molecule has 0 bridgehead atoms. The Morgan fingerprint density at radius 3 is 1.71 bits per heavy atom. The molecule has 0 saturated carbocycles. The lowest BCUT2D eigenvalue weighted by molar-refractivity contribution is 0.262. The smallest absolute Gasteiger partial charge is 0.0233 e. The standard InChI is InChI=1S/C14H23N.3C2H6/c1-4-15(11-10-13(2)3)12-14-8-6-5-7-9-14;3*1-2/h5-9,13H,4,10-12H2,1-3H3;3*1-2H3. The molecule has 1 aromatic rings. The fourth-order valence-electron chi connectivity index (χ4n) is 1.63. The van der Waals surface area contributed by atoms with Gasteiger partial charge >= 0.3 is 0 Å². The maximum absolute atomic E-state index is 2.51. The minimum absolute atomic E-state index is 0.801. The van der Waals surface area contributed by atoms with E-state index in [9.17, 15) is 0 Å². The van der Waals surface area contributed by atoms with E-state index < -0.39 is 0 Å². The maximum atomic E-state index is 2.51. The highest BCUT2D eigenvalue weighted by atomic mass is 15.1. The molecular formula is C20H41N. The van der Waals surface area contributed by atoms with Gasteiger partial charge in [-0.25, -0.2) is 0 Å². The van der Waals surface area contributed by atoms with Gasteiger partial charge in [0.2, 0.25) is 0 Å². The normalized spacial score (nSPS) is 8.90. The van der Waals surface area contributed by atoms with Gasteiger partial charge in [-0.3, -0.25) is 4.90 Å². The zero-order chi connectivity index (χ0) is 17.1. The lowest BCUT2D eigenvalue weighted by atomic mass is 10.1. The molecule has 1 heteroatoms. The maximum Gasteiger partial charge on any atom is 0.0233 e. The molecule has 0 N–H and O–H groups in total. The van der Waals surface area contributed by atoms with E-state index in [1.54, 1.807) is 0 Å². The van der Waals surface area contributed by atoms with Crippen LogP contribution in [0.5, 0.6) is 0 Å². The predicted molar refractivity (Wildman–Crippen MR) is 101 cm³/mol. The molecule has 1 rings (SSSR count). The summed E-state index contributed by atoms with van der Waals surface area (Å²) >= 11 is 0. The van der Waals surface area contributed by atoms with Gasteiger partial charge in [0.15, 0.2) is 0 Å². The number of hydrogen-bond acceptors (Lipinski definition) is 1. The molecule has 0 saturated heterocycles. The first kappa shape index (κ1) is 25.2. The van der Waals surface area contributed by atoms with Crippen LogP contribution in [-0.4, -0.2) is 18.0 Å². The van der Waals surface area contributed by atoms with E-state index in [1.165, 1.54) is 18.5 Å². The van der Waals surface area contributed by atoms with Gasteiger partial charge in [-0.15, -0.1) is 0 Å². The topological polar surface area (TPSA) is 3.24 Å². The van der Waals surface area contributed by atoms with Gasteiger partial charge in [0, 0.05) is 6.54 Å². The SMILES string of the molecule is CC.CC.CC.CCN(CCC(C)C)Cc1ccccc1. The monoisotopic (exact) mass is 295 g/mol. The van der Waals surface area contributed by atoms with Crippen molar-refractivity contribution in [2.45, 2.75) is 75.3 Å². The van der Waals surface area contributed by atoms with E-state index in [0.717, 1.165) is 19.0 Å². The summed E-state index contributed by atoms with van der Waals surface area (Å²) in [5.74, 6) is 0.801. The Hall–Kier alpha value is -0.820. The molecule has 0 aromatic heterocycles. The second kappa shape index (κ2) is 21.5. The van der Waals surface area contributed by atoms with Crippen molar-refractivity contribution in [2.75, 3.05) is 13.1 Å². The lowest BCUT2D eigenvalue weighted by Gasteiger charge is -2.21. The number of benzene rings is 1. The minimum Gasteiger partial charge on any atom is -0.299 e. The summed E-state index contributed by atoms with van der Waals surface area (Å²) in [5.41, 5.74) is 1.42. The Bertz CT molecular complexity index is 254. The van der Waals surface area contributed by atoms with Gasteiger partial charge in [-0.05, 0) is 31.0 Å². The summed E-state index contributed by atoms with van der Waals surface area (Å²) in [5, 5.41) is 0. The first-order valence-corrected chi connectivity index (χ1v) is 8.98. The molecule has 21 heavy (non-hydrogen) atoms. The highest BCUT2D eigenvalue weighted by Gasteiger charge is 2.04. The quantitative estimate of drug-likeness (QED) is 0.569. The first-order valence-electron chi connectivity index (χ1n) is 8.98. The molecule has 1 nitrogen and oxygen atoms in total. The molecule has 0 spiro atoms. The van der Waals surface area contributed by atoms with Crippen LogP contribution < -0.4 is 0 Å². The van der Waals surface area contributed by atoms with Gasteiger partial charge in [0.1, 0.15) is 0 Å². The van der Waals surface area contributed by atoms with Crippen LogP contribution in [0.15, 0.2) is 30.3 Å². The van der Waals surface area contributed by atoms with Crippen molar-refractivity contribution < 1.29 is 0 Å². The fraction of sp³-hybridized carbons (Fsp3) is 0.700. The van der Waals surface area contributed by atoms with Crippen LogP contribution in [0.1, 0.15) is 74.3 Å². The van der Waals surface area contributed by atoms with Crippen LogP contribution in [0.3, 0.4) is 0 Å². The molecule has 0 amide bonds. The van der Waals surface area contributed by atoms with Crippen molar-refractivity contribution in [1.29, 1.82) is 0 Å². The summed E-state index contributed by atoms with van der Waals surface area (Å²) in [4.78, 5) is 2.51. The highest BCUT2D eigenvalue weighted by Crippen LogP contribution is 2.07. The molecule has 1 aromatic carbocycles. The van der Waals surface area contributed by atoms with Crippen LogP contribution >= 0.6 is 0 Å². The third-order valence-corrected chi connectivity index (χ3v) is 2.72. The van der Waals surface area contributed by atoms with E-state index in [-0.39, 0.29) is 0 Å². The van der Waals surface area contributed by atoms with Crippen molar-refractivity contribution >= 4 is 0 Å². The fourth-order valence-corrected chi connectivity index (χ4v) is 1.63. The van der Waals surface area contributed by atoms with Crippen LogP contribution in [-0.2, 0) is 6.54 Å². The van der Waals surface area contributed by atoms with Crippen LogP contribution in [0, 0.1) is 5.92 Å². The van der Waals surface area contributed by atoms with E-state index in [1.807, 2.05) is 41.5 Å². The lowest BCUT2D eigenvalue weighted by Crippen LogP contribution is -2.24. The van der Waals surface area contributed by atoms with E-state index >= 15 is 0 Å². The Morgan fingerprint density at radius 1 is 0.857 bits per heavy atom.